The Morgan fingerprint density at radius 3 is 2.41 bits per heavy atom. The van der Waals surface area contributed by atoms with Crippen molar-refractivity contribution >= 4 is 52.4 Å². The molecule has 0 spiro atoms. The van der Waals surface area contributed by atoms with Gasteiger partial charge in [-0.05, 0) is 18.2 Å². The highest BCUT2D eigenvalue weighted by atomic mass is 35.5. The SMILES string of the molecule is O=[N+]([O-])c1ccc(F)c(/C=N\Nc2c(Cl)cc(Cl)cc2Cl)c1. The molecular formula is C13H7Cl3FN3O2. The number of hydrogen-bond donors (Lipinski definition) is 1. The van der Waals surface area contributed by atoms with Gasteiger partial charge in [-0.3, -0.25) is 15.5 Å². The maximum atomic E-state index is 13.6. The Bertz CT molecular complexity index is 745. The van der Waals surface area contributed by atoms with Crippen molar-refractivity contribution < 1.29 is 9.31 Å². The predicted octanol–water partition coefficient (Wildman–Crippen LogP) is 5.14. The van der Waals surface area contributed by atoms with E-state index in [-0.39, 0.29) is 27.0 Å². The number of nitro benzene ring substituents is 1. The largest absolute Gasteiger partial charge is 0.275 e. The first-order valence-electron chi connectivity index (χ1n) is 5.76. The monoisotopic (exact) mass is 361 g/mol. The summed E-state index contributed by atoms with van der Waals surface area (Å²) in [5, 5.41) is 15.2. The first-order chi connectivity index (χ1) is 10.4. The van der Waals surface area contributed by atoms with Gasteiger partial charge in [0.05, 0.1) is 26.9 Å². The number of non-ortho nitro benzene ring substituents is 1. The van der Waals surface area contributed by atoms with Crippen molar-refractivity contribution in [3.8, 4) is 0 Å². The molecule has 1 N–H and O–H groups in total. The summed E-state index contributed by atoms with van der Waals surface area (Å²) in [5.74, 6) is -0.649. The van der Waals surface area contributed by atoms with Crippen LogP contribution < -0.4 is 5.43 Å². The van der Waals surface area contributed by atoms with E-state index in [1.54, 1.807) is 0 Å². The molecule has 0 aliphatic rings. The third kappa shape index (κ3) is 3.85. The van der Waals surface area contributed by atoms with Gasteiger partial charge in [0, 0.05) is 22.7 Å². The van der Waals surface area contributed by atoms with E-state index in [0.717, 1.165) is 24.4 Å². The van der Waals surface area contributed by atoms with Crippen molar-refractivity contribution in [1.82, 2.24) is 0 Å². The van der Waals surface area contributed by atoms with Gasteiger partial charge in [-0.1, -0.05) is 34.8 Å². The van der Waals surface area contributed by atoms with E-state index in [2.05, 4.69) is 10.5 Å². The van der Waals surface area contributed by atoms with Gasteiger partial charge >= 0.3 is 0 Å². The Labute approximate surface area is 139 Å². The number of anilines is 1. The highest BCUT2D eigenvalue weighted by Gasteiger charge is 2.10. The fourth-order valence-electron chi connectivity index (χ4n) is 1.56. The van der Waals surface area contributed by atoms with Crippen LogP contribution in [0.25, 0.3) is 0 Å². The minimum Gasteiger partial charge on any atom is -0.275 e. The first-order valence-corrected chi connectivity index (χ1v) is 6.89. The number of hydrogen-bond acceptors (Lipinski definition) is 4. The van der Waals surface area contributed by atoms with E-state index < -0.39 is 10.7 Å². The summed E-state index contributed by atoms with van der Waals surface area (Å²) in [6.07, 6.45) is 1.09. The summed E-state index contributed by atoms with van der Waals surface area (Å²) in [7, 11) is 0. The first kappa shape index (κ1) is 16.5. The van der Waals surface area contributed by atoms with Crippen LogP contribution in [0.4, 0.5) is 15.8 Å². The zero-order valence-corrected chi connectivity index (χ0v) is 13.0. The smallest absolute Gasteiger partial charge is 0.270 e. The molecule has 22 heavy (non-hydrogen) atoms. The molecule has 0 bridgehead atoms. The lowest BCUT2D eigenvalue weighted by atomic mass is 10.2. The molecule has 9 heteroatoms. The molecule has 0 aromatic heterocycles. The van der Waals surface area contributed by atoms with Crippen molar-refractivity contribution in [2.75, 3.05) is 5.43 Å². The van der Waals surface area contributed by atoms with Gasteiger partial charge in [0.1, 0.15) is 5.82 Å². The van der Waals surface area contributed by atoms with Gasteiger partial charge in [0.2, 0.25) is 0 Å². The molecule has 0 aliphatic heterocycles. The number of rotatable bonds is 4. The molecule has 0 saturated heterocycles. The Morgan fingerprint density at radius 1 is 1.18 bits per heavy atom. The molecule has 0 unspecified atom stereocenters. The van der Waals surface area contributed by atoms with Crippen molar-refractivity contribution in [2.24, 2.45) is 5.10 Å². The molecule has 2 aromatic carbocycles. The minimum atomic E-state index is -0.649. The lowest BCUT2D eigenvalue weighted by Gasteiger charge is -2.06. The second-order valence-electron chi connectivity index (χ2n) is 4.08. The van der Waals surface area contributed by atoms with Crippen LogP contribution in [0.5, 0.6) is 0 Å². The molecule has 0 fully saturated rings. The van der Waals surface area contributed by atoms with Gasteiger partial charge in [0.15, 0.2) is 0 Å². The van der Waals surface area contributed by atoms with Crippen LogP contribution in [0.2, 0.25) is 15.1 Å². The van der Waals surface area contributed by atoms with Crippen molar-refractivity contribution in [3.05, 3.63) is 66.9 Å². The summed E-state index contributed by atoms with van der Waals surface area (Å²) in [6.45, 7) is 0. The zero-order chi connectivity index (χ0) is 16.3. The summed E-state index contributed by atoms with van der Waals surface area (Å²) in [6, 6.07) is 6.03. The van der Waals surface area contributed by atoms with E-state index in [1.807, 2.05) is 0 Å². The molecule has 0 heterocycles. The maximum absolute atomic E-state index is 13.6. The van der Waals surface area contributed by atoms with Crippen LogP contribution in [-0.4, -0.2) is 11.1 Å². The molecule has 114 valence electrons. The fraction of sp³-hybridized carbons (Fsp3) is 0. The minimum absolute atomic E-state index is 0.0529. The van der Waals surface area contributed by atoms with Crippen molar-refractivity contribution in [2.45, 2.75) is 0 Å². The third-order valence-electron chi connectivity index (χ3n) is 2.58. The highest BCUT2D eigenvalue weighted by molar-refractivity contribution is 6.41. The highest BCUT2D eigenvalue weighted by Crippen LogP contribution is 2.33. The van der Waals surface area contributed by atoms with Gasteiger partial charge in [0.25, 0.3) is 5.69 Å². The Hall–Kier alpha value is -1.89. The van der Waals surface area contributed by atoms with Crippen LogP contribution in [-0.2, 0) is 0 Å². The number of nitrogens with zero attached hydrogens (tertiary/aromatic N) is 2. The number of benzene rings is 2. The molecule has 5 nitrogen and oxygen atoms in total. The molecule has 2 rings (SSSR count). The van der Waals surface area contributed by atoms with E-state index in [4.69, 9.17) is 34.8 Å². The van der Waals surface area contributed by atoms with E-state index in [1.165, 1.54) is 12.1 Å². The number of halogens is 4. The lowest BCUT2D eigenvalue weighted by Crippen LogP contribution is -1.96. The molecule has 0 atom stereocenters. The molecule has 2 aromatic rings. The van der Waals surface area contributed by atoms with Crippen LogP contribution >= 0.6 is 34.8 Å². The number of nitrogens with one attached hydrogen (secondary N) is 1. The predicted molar refractivity (Wildman–Crippen MR) is 85.7 cm³/mol. The maximum Gasteiger partial charge on any atom is 0.270 e. The molecule has 0 radical (unpaired) electrons. The quantitative estimate of drug-likeness (QED) is 0.465. The van der Waals surface area contributed by atoms with Crippen LogP contribution in [0, 0.1) is 15.9 Å². The lowest BCUT2D eigenvalue weighted by molar-refractivity contribution is -0.384. The average molecular weight is 363 g/mol. The Kier molecular flexibility index (Phi) is 5.18. The fourth-order valence-corrected chi connectivity index (χ4v) is 2.46. The normalized spacial score (nSPS) is 10.9. The Morgan fingerprint density at radius 2 is 1.82 bits per heavy atom. The van der Waals surface area contributed by atoms with Gasteiger partial charge in [-0.15, -0.1) is 0 Å². The van der Waals surface area contributed by atoms with Crippen LogP contribution in [0.1, 0.15) is 5.56 Å². The molecule has 0 amide bonds. The summed E-state index contributed by atoms with van der Waals surface area (Å²) < 4.78 is 13.6. The standard InChI is InChI=1S/C13H7Cl3FN3O2/c14-8-4-10(15)13(11(16)5-8)19-18-6-7-3-9(20(21)22)1-2-12(7)17/h1-6,19H/b18-6-. The summed E-state index contributed by atoms with van der Waals surface area (Å²) in [5.41, 5.74) is 2.53. The topological polar surface area (TPSA) is 67.5 Å². The number of nitro groups is 1. The second-order valence-corrected chi connectivity index (χ2v) is 5.33. The number of hydrazone groups is 1. The van der Waals surface area contributed by atoms with Crippen molar-refractivity contribution in [3.63, 3.8) is 0 Å². The molecular weight excluding hydrogens is 356 g/mol. The van der Waals surface area contributed by atoms with Crippen molar-refractivity contribution in [1.29, 1.82) is 0 Å². The van der Waals surface area contributed by atoms with E-state index in [9.17, 15) is 14.5 Å². The summed E-state index contributed by atoms with van der Waals surface area (Å²) >= 11 is 17.7. The Balaban J connectivity index is 2.23. The second kappa shape index (κ2) is 6.91. The summed E-state index contributed by atoms with van der Waals surface area (Å²) in [4.78, 5) is 10.0. The average Bonchev–Trinajstić information content (AvgIpc) is 2.43. The van der Waals surface area contributed by atoms with Gasteiger partial charge < -0.3 is 0 Å². The third-order valence-corrected chi connectivity index (χ3v) is 3.39. The zero-order valence-electron chi connectivity index (χ0n) is 10.7. The van der Waals surface area contributed by atoms with Gasteiger partial charge in [-0.25, -0.2) is 4.39 Å². The van der Waals surface area contributed by atoms with Gasteiger partial charge in [-0.2, -0.15) is 5.10 Å². The van der Waals surface area contributed by atoms with E-state index >= 15 is 0 Å². The van der Waals surface area contributed by atoms with Crippen LogP contribution in [0.15, 0.2) is 35.4 Å². The van der Waals surface area contributed by atoms with E-state index in [0.29, 0.717) is 5.02 Å². The molecule has 0 saturated carbocycles. The van der Waals surface area contributed by atoms with Crippen LogP contribution in [0.3, 0.4) is 0 Å². The molecule has 0 aliphatic carbocycles.